The van der Waals surface area contributed by atoms with Crippen LogP contribution in [0.15, 0.2) is 27.6 Å². The van der Waals surface area contributed by atoms with Gasteiger partial charge in [-0.1, -0.05) is 5.16 Å². The monoisotopic (exact) mass is 392 g/mol. The van der Waals surface area contributed by atoms with Gasteiger partial charge in [0.15, 0.2) is 11.5 Å². The summed E-state index contributed by atoms with van der Waals surface area (Å²) >= 11 is 0. The van der Waals surface area contributed by atoms with Crippen molar-refractivity contribution in [3.05, 3.63) is 40.8 Å². The highest BCUT2D eigenvalue weighted by Crippen LogP contribution is 2.30. The smallest absolute Gasteiger partial charge is 0.248 e. The Morgan fingerprint density at radius 1 is 1.30 bits per heavy atom. The summed E-state index contributed by atoms with van der Waals surface area (Å²) in [5.74, 6) is 0.553. The number of nitrogens with zero attached hydrogens (tertiary/aromatic N) is 2. The Hall–Kier alpha value is -2.19. The van der Waals surface area contributed by atoms with Gasteiger partial charge < -0.3 is 9.26 Å². The van der Waals surface area contributed by atoms with Crippen molar-refractivity contribution in [2.45, 2.75) is 38.5 Å². The summed E-state index contributed by atoms with van der Waals surface area (Å²) in [7, 11) is -2.17. The number of carbonyl (C=O) groups excluding carboxylic acids is 1. The molecule has 2 aromatic rings. The van der Waals surface area contributed by atoms with Gasteiger partial charge in [-0.25, -0.2) is 8.42 Å². The van der Waals surface area contributed by atoms with E-state index in [1.165, 1.54) is 4.31 Å². The fraction of sp³-hybridized carbons (Fsp3) is 0.474. The van der Waals surface area contributed by atoms with Crippen LogP contribution in [0.2, 0.25) is 0 Å². The highest BCUT2D eigenvalue weighted by atomic mass is 32.2. The van der Waals surface area contributed by atoms with Crippen molar-refractivity contribution in [3.63, 3.8) is 0 Å². The van der Waals surface area contributed by atoms with Gasteiger partial charge in [-0.05, 0) is 57.4 Å². The molecule has 2 heterocycles. The van der Waals surface area contributed by atoms with E-state index < -0.39 is 10.0 Å². The van der Waals surface area contributed by atoms with Crippen LogP contribution >= 0.6 is 0 Å². The molecule has 27 heavy (non-hydrogen) atoms. The number of piperidine rings is 1. The molecule has 1 fully saturated rings. The molecule has 146 valence electrons. The maximum absolute atomic E-state index is 13.0. The zero-order chi connectivity index (χ0) is 19.8. The summed E-state index contributed by atoms with van der Waals surface area (Å²) in [6, 6.07) is 5.31. The van der Waals surface area contributed by atoms with Crippen LogP contribution in [0.25, 0.3) is 0 Å². The molecule has 1 aromatic heterocycles. The Morgan fingerprint density at radius 3 is 2.63 bits per heavy atom. The Bertz CT molecular complexity index is 945. The molecule has 0 aliphatic carbocycles. The molecular formula is C19H24N2O5S. The van der Waals surface area contributed by atoms with Crippen LogP contribution < -0.4 is 4.74 Å². The lowest BCUT2D eigenvalue weighted by molar-refractivity contribution is 0.0871. The topological polar surface area (TPSA) is 89.7 Å². The summed E-state index contributed by atoms with van der Waals surface area (Å²) in [5.41, 5.74) is 1.77. The number of hydrogen-bond donors (Lipinski definition) is 0. The second kappa shape index (κ2) is 7.44. The number of ketones is 1. The van der Waals surface area contributed by atoms with Gasteiger partial charge in [0.2, 0.25) is 10.0 Å². The van der Waals surface area contributed by atoms with E-state index in [4.69, 9.17) is 9.26 Å². The largest absolute Gasteiger partial charge is 0.497 e. The normalized spacial score (nSPS) is 18.4. The molecule has 7 nitrogen and oxygen atoms in total. The second-order valence-corrected chi connectivity index (χ2v) is 8.78. The number of methoxy groups -OCH3 is 1. The second-order valence-electron chi connectivity index (χ2n) is 6.90. The van der Waals surface area contributed by atoms with Crippen LogP contribution in [0.3, 0.4) is 0 Å². The Morgan fingerprint density at radius 2 is 2.04 bits per heavy atom. The third-order valence-corrected chi connectivity index (χ3v) is 7.13. The first kappa shape index (κ1) is 19.6. The van der Waals surface area contributed by atoms with E-state index >= 15 is 0 Å². The van der Waals surface area contributed by atoms with Crippen LogP contribution in [-0.4, -0.2) is 43.9 Å². The van der Waals surface area contributed by atoms with Crippen LogP contribution in [0.5, 0.6) is 5.75 Å². The third kappa shape index (κ3) is 3.64. The maximum Gasteiger partial charge on any atom is 0.248 e. The van der Waals surface area contributed by atoms with Gasteiger partial charge in [0.25, 0.3) is 0 Å². The molecule has 1 atom stereocenters. The lowest BCUT2D eigenvalue weighted by Crippen LogP contribution is -2.42. The number of rotatable bonds is 5. The van der Waals surface area contributed by atoms with Crippen molar-refractivity contribution in [3.8, 4) is 5.75 Å². The van der Waals surface area contributed by atoms with Gasteiger partial charge in [0, 0.05) is 24.6 Å². The fourth-order valence-electron chi connectivity index (χ4n) is 3.61. The maximum atomic E-state index is 13.0. The zero-order valence-corrected chi connectivity index (χ0v) is 16.8. The predicted octanol–water partition coefficient (Wildman–Crippen LogP) is 2.89. The minimum absolute atomic E-state index is 0.0335. The Balaban J connectivity index is 1.85. The Labute approximate surface area is 159 Å². The number of sulfonamides is 1. The average Bonchev–Trinajstić information content (AvgIpc) is 3.00. The van der Waals surface area contributed by atoms with Gasteiger partial charge in [0.05, 0.1) is 7.11 Å². The van der Waals surface area contributed by atoms with Gasteiger partial charge in [-0.15, -0.1) is 0 Å². The molecule has 1 saturated heterocycles. The minimum Gasteiger partial charge on any atom is -0.497 e. The molecule has 0 radical (unpaired) electrons. The highest BCUT2D eigenvalue weighted by Gasteiger charge is 2.36. The van der Waals surface area contributed by atoms with Gasteiger partial charge in [0.1, 0.15) is 16.3 Å². The van der Waals surface area contributed by atoms with E-state index in [2.05, 4.69) is 5.16 Å². The van der Waals surface area contributed by atoms with Crippen molar-refractivity contribution in [1.82, 2.24) is 9.46 Å². The summed E-state index contributed by atoms with van der Waals surface area (Å²) in [6.45, 7) is 5.60. The molecule has 1 aliphatic heterocycles. The molecule has 0 bridgehead atoms. The van der Waals surface area contributed by atoms with Crippen molar-refractivity contribution >= 4 is 15.8 Å². The van der Waals surface area contributed by atoms with E-state index in [0.717, 1.165) is 5.56 Å². The number of benzene rings is 1. The van der Waals surface area contributed by atoms with Crippen molar-refractivity contribution in [1.29, 1.82) is 0 Å². The summed E-state index contributed by atoms with van der Waals surface area (Å²) in [4.78, 5) is 13.1. The third-order valence-electron chi connectivity index (χ3n) is 5.02. The zero-order valence-electron chi connectivity index (χ0n) is 16.0. The molecule has 0 spiro atoms. The van der Waals surface area contributed by atoms with Gasteiger partial charge in [-0.3, -0.25) is 4.79 Å². The standard InChI is InChI=1S/C19H24N2O5S/c1-12-10-16(25-4)7-8-17(12)18(22)15-6-5-9-21(11-15)27(23,24)19-13(2)20-26-14(19)3/h7-8,10,15H,5-6,9,11H2,1-4H3. The van der Waals surface area contributed by atoms with Crippen LogP contribution in [0.1, 0.15) is 40.2 Å². The lowest BCUT2D eigenvalue weighted by Gasteiger charge is -2.31. The molecule has 1 aliphatic rings. The first-order valence-electron chi connectivity index (χ1n) is 8.87. The van der Waals surface area contributed by atoms with Gasteiger partial charge >= 0.3 is 0 Å². The first-order chi connectivity index (χ1) is 12.8. The van der Waals surface area contributed by atoms with E-state index in [-0.39, 0.29) is 28.9 Å². The van der Waals surface area contributed by atoms with Crippen LogP contribution in [-0.2, 0) is 10.0 Å². The molecule has 8 heteroatoms. The molecule has 1 aromatic carbocycles. The van der Waals surface area contributed by atoms with Crippen molar-refractivity contribution in [2.24, 2.45) is 5.92 Å². The molecule has 0 N–H and O–H groups in total. The van der Waals surface area contributed by atoms with E-state index in [9.17, 15) is 13.2 Å². The van der Waals surface area contributed by atoms with Crippen LogP contribution in [0.4, 0.5) is 0 Å². The number of carbonyl (C=O) groups is 1. The van der Waals surface area contributed by atoms with Crippen LogP contribution in [0, 0.1) is 26.7 Å². The number of Topliss-reactive ketones (excluding diaryl/α,β-unsaturated/α-hetero) is 1. The number of ether oxygens (including phenoxy) is 1. The quantitative estimate of drug-likeness (QED) is 0.727. The number of aryl methyl sites for hydroxylation is 3. The van der Waals surface area contributed by atoms with E-state index in [1.54, 1.807) is 33.1 Å². The first-order valence-corrected chi connectivity index (χ1v) is 10.3. The Kier molecular flexibility index (Phi) is 5.39. The van der Waals surface area contributed by atoms with Crippen molar-refractivity contribution in [2.75, 3.05) is 20.2 Å². The SMILES string of the molecule is COc1ccc(C(=O)C2CCCN(S(=O)(=O)c3c(C)noc3C)C2)c(C)c1. The molecule has 1 unspecified atom stereocenters. The minimum atomic E-state index is -3.74. The van der Waals surface area contributed by atoms with Gasteiger partial charge in [-0.2, -0.15) is 4.31 Å². The number of hydrogen-bond acceptors (Lipinski definition) is 6. The average molecular weight is 392 g/mol. The number of aromatic nitrogens is 1. The summed E-state index contributed by atoms with van der Waals surface area (Å²) in [6.07, 6.45) is 1.30. The molecule has 0 amide bonds. The summed E-state index contributed by atoms with van der Waals surface area (Å²) < 4.78 is 37.7. The summed E-state index contributed by atoms with van der Waals surface area (Å²) in [5, 5.41) is 3.75. The van der Waals surface area contributed by atoms with E-state index in [1.807, 2.05) is 13.0 Å². The van der Waals surface area contributed by atoms with Crippen molar-refractivity contribution < 1.29 is 22.5 Å². The lowest BCUT2D eigenvalue weighted by atomic mass is 9.89. The highest BCUT2D eigenvalue weighted by molar-refractivity contribution is 7.89. The molecule has 0 saturated carbocycles. The molecular weight excluding hydrogens is 368 g/mol. The predicted molar refractivity (Wildman–Crippen MR) is 99.5 cm³/mol. The van der Waals surface area contributed by atoms with E-state index in [0.29, 0.717) is 36.4 Å². The fourth-order valence-corrected chi connectivity index (χ4v) is 5.42. The molecule has 3 rings (SSSR count).